The van der Waals surface area contributed by atoms with Gasteiger partial charge in [0.1, 0.15) is 35.1 Å². The molecule has 9 heteroatoms. The van der Waals surface area contributed by atoms with E-state index in [4.69, 9.17) is 38.4 Å². The molecule has 0 aliphatic carbocycles. The number of rotatable bonds is 10. The standard InChI is InChI=1S/C43H50N2O6.Ni/c1-40(2,3)38-42(28-11-19-32(46-7)20-12-28,29-13-21-33(47-8)22-14-29)50-36(44-38)27-37-45-39(41(4,5)6)43(51-37,30-15-23-34(48-9)24-16-30)31-17-25-35(49-10)26-18-31;/h11-26,38-39H,27H2,1-10H3;/t38-,39-;/m1./s1. The van der Waals surface area contributed by atoms with E-state index in [-0.39, 0.29) is 45.8 Å². The third-order valence-electron chi connectivity index (χ3n) is 9.89. The third kappa shape index (κ3) is 7.00. The molecule has 0 saturated carbocycles. The van der Waals surface area contributed by atoms with E-state index in [1.807, 2.05) is 48.5 Å². The minimum absolute atomic E-state index is 0. The number of methoxy groups -OCH3 is 4. The van der Waals surface area contributed by atoms with E-state index in [1.54, 1.807) is 28.4 Å². The first kappa shape index (κ1) is 38.7. The van der Waals surface area contributed by atoms with Gasteiger partial charge in [0, 0.05) is 38.7 Å². The Balaban J connectivity index is 0.00000523. The van der Waals surface area contributed by atoms with Crippen LogP contribution >= 0.6 is 0 Å². The molecule has 0 bridgehead atoms. The van der Waals surface area contributed by atoms with Crippen molar-refractivity contribution < 1.29 is 44.9 Å². The van der Waals surface area contributed by atoms with Crippen molar-refractivity contribution in [1.29, 1.82) is 0 Å². The van der Waals surface area contributed by atoms with Gasteiger partial charge in [0.2, 0.25) is 0 Å². The van der Waals surface area contributed by atoms with E-state index in [2.05, 4.69) is 90.1 Å². The molecule has 0 aromatic heterocycles. The van der Waals surface area contributed by atoms with E-state index in [1.165, 1.54) is 0 Å². The second kappa shape index (κ2) is 14.9. The summed E-state index contributed by atoms with van der Waals surface area (Å²) >= 11 is 0. The minimum Gasteiger partial charge on any atom is -0.497 e. The van der Waals surface area contributed by atoms with Gasteiger partial charge in [-0.25, -0.2) is 9.98 Å². The molecule has 0 amide bonds. The van der Waals surface area contributed by atoms with Crippen LogP contribution in [0.1, 0.15) is 70.2 Å². The Hall–Kier alpha value is -4.49. The second-order valence-electron chi connectivity index (χ2n) is 15.3. The van der Waals surface area contributed by atoms with Gasteiger partial charge in [-0.05, 0) is 59.4 Å². The average molecular weight is 750 g/mol. The van der Waals surface area contributed by atoms with Crippen LogP contribution in [-0.4, -0.2) is 52.3 Å². The molecule has 0 unspecified atom stereocenters. The Bertz CT molecular complexity index is 1640. The van der Waals surface area contributed by atoms with Crippen LogP contribution in [0.2, 0.25) is 0 Å². The first-order valence-electron chi connectivity index (χ1n) is 17.4. The van der Waals surface area contributed by atoms with Crippen LogP contribution in [0.15, 0.2) is 107 Å². The fourth-order valence-corrected chi connectivity index (χ4v) is 7.46. The maximum Gasteiger partial charge on any atom is 0.194 e. The van der Waals surface area contributed by atoms with E-state index in [0.29, 0.717) is 11.8 Å². The monoisotopic (exact) mass is 748 g/mol. The number of benzene rings is 4. The Morgan fingerprint density at radius 1 is 0.462 bits per heavy atom. The van der Waals surface area contributed by atoms with Gasteiger partial charge < -0.3 is 28.4 Å². The Morgan fingerprint density at radius 3 is 0.885 bits per heavy atom. The number of hydrogen-bond donors (Lipinski definition) is 0. The first-order chi connectivity index (χ1) is 24.3. The molecule has 0 radical (unpaired) electrons. The van der Waals surface area contributed by atoms with E-state index >= 15 is 0 Å². The maximum atomic E-state index is 7.20. The number of nitrogens with zero attached hydrogens (tertiary/aromatic N) is 2. The summed E-state index contributed by atoms with van der Waals surface area (Å²) in [5.41, 5.74) is 1.45. The fraction of sp³-hybridized carbons (Fsp3) is 0.395. The molecule has 2 aliphatic rings. The van der Waals surface area contributed by atoms with E-state index < -0.39 is 11.2 Å². The largest absolute Gasteiger partial charge is 0.497 e. The topological polar surface area (TPSA) is 80.1 Å². The second-order valence-corrected chi connectivity index (χ2v) is 15.3. The van der Waals surface area contributed by atoms with E-state index in [0.717, 1.165) is 45.3 Å². The molecule has 278 valence electrons. The molecule has 0 N–H and O–H groups in total. The minimum atomic E-state index is -0.933. The summed E-state index contributed by atoms with van der Waals surface area (Å²) in [6.07, 6.45) is 0.279. The van der Waals surface area contributed by atoms with Gasteiger partial charge in [-0.3, -0.25) is 0 Å². The normalized spacial score (nSPS) is 19.0. The van der Waals surface area contributed by atoms with Crippen LogP contribution in [0.25, 0.3) is 0 Å². The molecule has 8 nitrogen and oxygen atoms in total. The Morgan fingerprint density at radius 2 is 0.692 bits per heavy atom. The zero-order valence-electron chi connectivity index (χ0n) is 31.8. The van der Waals surface area contributed by atoms with Crippen molar-refractivity contribution >= 4 is 11.8 Å². The summed E-state index contributed by atoms with van der Waals surface area (Å²) in [5, 5.41) is 0. The molecule has 52 heavy (non-hydrogen) atoms. The predicted octanol–water partition coefficient (Wildman–Crippen LogP) is 8.98. The van der Waals surface area contributed by atoms with Crippen molar-refractivity contribution in [1.82, 2.24) is 0 Å². The van der Waals surface area contributed by atoms with Crippen LogP contribution in [0.4, 0.5) is 0 Å². The molecule has 6 rings (SSSR count). The van der Waals surface area contributed by atoms with Gasteiger partial charge >= 0.3 is 0 Å². The fourth-order valence-electron chi connectivity index (χ4n) is 7.46. The zero-order valence-corrected chi connectivity index (χ0v) is 32.7. The van der Waals surface area contributed by atoms with Crippen molar-refractivity contribution in [2.75, 3.05) is 28.4 Å². The zero-order chi connectivity index (χ0) is 36.6. The SMILES string of the molecule is COc1ccc(C2(c3ccc(OC)cc3)OC(CC3=N[C@H](C(C)(C)C)C(c4ccc(OC)cc4)(c4ccc(OC)cc4)O3)=N[C@@H]2C(C)(C)C)cc1.[Ni]. The summed E-state index contributed by atoms with van der Waals surface area (Å²) in [5.74, 6) is 4.20. The van der Waals surface area contributed by atoms with Crippen molar-refractivity contribution in [3.8, 4) is 23.0 Å². The van der Waals surface area contributed by atoms with Gasteiger partial charge in [0.05, 0.1) is 34.9 Å². The van der Waals surface area contributed by atoms with Gasteiger partial charge in [-0.15, -0.1) is 0 Å². The van der Waals surface area contributed by atoms with Crippen molar-refractivity contribution in [3.63, 3.8) is 0 Å². The van der Waals surface area contributed by atoms with Crippen LogP contribution in [0, 0.1) is 10.8 Å². The number of hydrogen-bond acceptors (Lipinski definition) is 8. The Kier molecular flexibility index (Phi) is 11.1. The van der Waals surface area contributed by atoms with Gasteiger partial charge in [0.15, 0.2) is 23.0 Å². The molecule has 4 aromatic rings. The van der Waals surface area contributed by atoms with Crippen LogP contribution < -0.4 is 18.9 Å². The summed E-state index contributed by atoms with van der Waals surface area (Å²) < 4.78 is 36.5. The average Bonchev–Trinajstić information content (AvgIpc) is 3.73. The van der Waals surface area contributed by atoms with Gasteiger partial charge in [-0.1, -0.05) is 90.1 Å². The molecule has 4 aromatic carbocycles. The smallest absolute Gasteiger partial charge is 0.194 e. The van der Waals surface area contributed by atoms with Crippen LogP contribution in [-0.2, 0) is 37.2 Å². The molecular formula is C43H50N2NiO6. The molecule has 0 saturated heterocycles. The quantitative estimate of drug-likeness (QED) is 0.151. The predicted molar refractivity (Wildman–Crippen MR) is 202 cm³/mol. The molecule has 2 heterocycles. The molecule has 0 fully saturated rings. The summed E-state index contributed by atoms with van der Waals surface area (Å²) in [4.78, 5) is 10.8. The molecular weight excluding hydrogens is 699 g/mol. The molecule has 2 atom stereocenters. The number of aliphatic imine (C=N–C) groups is 2. The van der Waals surface area contributed by atoms with Crippen molar-refractivity contribution in [2.45, 2.75) is 71.2 Å². The summed E-state index contributed by atoms with van der Waals surface area (Å²) in [6.45, 7) is 13.2. The maximum absolute atomic E-state index is 7.20. The first-order valence-corrected chi connectivity index (χ1v) is 17.4. The summed E-state index contributed by atoms with van der Waals surface area (Å²) in [6, 6.07) is 31.7. The van der Waals surface area contributed by atoms with Gasteiger partial charge in [-0.2, -0.15) is 0 Å². The van der Waals surface area contributed by atoms with Crippen molar-refractivity contribution in [2.24, 2.45) is 20.8 Å². The molecule has 2 aliphatic heterocycles. The third-order valence-corrected chi connectivity index (χ3v) is 9.89. The van der Waals surface area contributed by atoms with Gasteiger partial charge in [0.25, 0.3) is 0 Å². The van der Waals surface area contributed by atoms with Crippen LogP contribution in [0.5, 0.6) is 23.0 Å². The summed E-state index contributed by atoms with van der Waals surface area (Å²) in [7, 11) is 6.68. The van der Waals surface area contributed by atoms with Crippen LogP contribution in [0.3, 0.4) is 0 Å². The van der Waals surface area contributed by atoms with E-state index in [9.17, 15) is 0 Å². The Labute approximate surface area is 318 Å². The number of ether oxygens (including phenoxy) is 6. The molecule has 0 spiro atoms. The van der Waals surface area contributed by atoms with Crippen molar-refractivity contribution in [3.05, 3.63) is 119 Å².